The Morgan fingerprint density at radius 2 is 1.79 bits per heavy atom. The van der Waals surface area contributed by atoms with Crippen molar-refractivity contribution >= 4 is 23.2 Å². The molecule has 0 amide bonds. The van der Waals surface area contributed by atoms with Crippen molar-refractivity contribution in [2.75, 3.05) is 0 Å². The Kier molecular flexibility index (Phi) is 4.30. The Balaban J connectivity index is 2.40. The Bertz CT molecular complexity index is 582. The molecule has 0 aliphatic rings. The molecule has 0 bridgehead atoms. The zero-order chi connectivity index (χ0) is 14.0. The molecule has 0 saturated heterocycles. The van der Waals surface area contributed by atoms with Gasteiger partial charge < -0.3 is 10.5 Å². The quantitative estimate of drug-likeness (QED) is 0.871. The summed E-state index contributed by atoms with van der Waals surface area (Å²) in [5, 5.41) is 0.891. The Labute approximate surface area is 120 Å². The van der Waals surface area contributed by atoms with Crippen molar-refractivity contribution in [1.29, 1.82) is 0 Å². The van der Waals surface area contributed by atoms with Crippen molar-refractivity contribution in [3.63, 3.8) is 0 Å². The van der Waals surface area contributed by atoms with Crippen molar-refractivity contribution in [3.8, 4) is 11.5 Å². The maximum atomic E-state index is 13.8. The third-order valence-electron chi connectivity index (χ3n) is 2.53. The van der Waals surface area contributed by atoms with Gasteiger partial charge in [-0.3, -0.25) is 0 Å². The first-order valence-electron chi connectivity index (χ1n) is 5.65. The van der Waals surface area contributed by atoms with E-state index >= 15 is 0 Å². The van der Waals surface area contributed by atoms with Crippen molar-refractivity contribution in [1.82, 2.24) is 0 Å². The molecule has 0 heterocycles. The average Bonchev–Trinajstić information content (AvgIpc) is 2.26. The predicted octanol–water partition coefficient (Wildman–Crippen LogP) is 4.94. The molecular formula is C14H12Cl2FNO. The molecule has 100 valence electrons. The normalized spacial score (nSPS) is 12.3. The smallest absolute Gasteiger partial charge is 0.135 e. The molecule has 1 atom stereocenters. The van der Waals surface area contributed by atoms with E-state index in [9.17, 15) is 4.39 Å². The van der Waals surface area contributed by atoms with E-state index in [0.29, 0.717) is 27.1 Å². The summed E-state index contributed by atoms with van der Waals surface area (Å²) in [6.45, 7) is 1.69. The standard InChI is InChI=1S/C14H12Cl2FNO/c1-8(18)14-12(17)3-2-4-13(14)19-11-6-9(15)5-10(16)7-11/h2-8H,18H2,1H3/t8-/m1/s1. The van der Waals surface area contributed by atoms with E-state index in [4.69, 9.17) is 33.7 Å². The second-order valence-corrected chi connectivity index (χ2v) is 5.02. The summed E-state index contributed by atoms with van der Waals surface area (Å²) in [6, 6.07) is 8.86. The predicted molar refractivity (Wildman–Crippen MR) is 75.5 cm³/mol. The van der Waals surface area contributed by atoms with Gasteiger partial charge in [-0.2, -0.15) is 0 Å². The fourth-order valence-corrected chi connectivity index (χ4v) is 2.27. The molecule has 0 aromatic heterocycles. The van der Waals surface area contributed by atoms with Gasteiger partial charge in [0.15, 0.2) is 0 Å². The summed E-state index contributed by atoms with van der Waals surface area (Å²) in [4.78, 5) is 0. The lowest BCUT2D eigenvalue weighted by atomic mass is 10.1. The molecule has 0 aliphatic heterocycles. The van der Waals surface area contributed by atoms with Crippen molar-refractivity contribution in [3.05, 3.63) is 57.8 Å². The van der Waals surface area contributed by atoms with Gasteiger partial charge in [-0.15, -0.1) is 0 Å². The number of hydrogen-bond donors (Lipinski definition) is 1. The van der Waals surface area contributed by atoms with E-state index in [1.807, 2.05) is 0 Å². The summed E-state index contributed by atoms with van der Waals surface area (Å²) in [6.07, 6.45) is 0. The van der Waals surface area contributed by atoms with E-state index in [2.05, 4.69) is 0 Å². The molecule has 2 N–H and O–H groups in total. The van der Waals surface area contributed by atoms with Gasteiger partial charge in [-0.1, -0.05) is 29.3 Å². The summed E-state index contributed by atoms with van der Waals surface area (Å²) in [7, 11) is 0. The van der Waals surface area contributed by atoms with Crippen LogP contribution in [-0.2, 0) is 0 Å². The highest BCUT2D eigenvalue weighted by atomic mass is 35.5. The van der Waals surface area contributed by atoms with Gasteiger partial charge in [0.2, 0.25) is 0 Å². The van der Waals surface area contributed by atoms with Crippen LogP contribution in [0.1, 0.15) is 18.5 Å². The van der Waals surface area contributed by atoms with E-state index in [0.717, 1.165) is 0 Å². The van der Waals surface area contributed by atoms with Crippen LogP contribution in [0.25, 0.3) is 0 Å². The minimum absolute atomic E-state index is 0.318. The van der Waals surface area contributed by atoms with Gasteiger partial charge in [0.1, 0.15) is 17.3 Å². The van der Waals surface area contributed by atoms with Gasteiger partial charge >= 0.3 is 0 Å². The van der Waals surface area contributed by atoms with E-state index in [1.54, 1.807) is 37.3 Å². The van der Waals surface area contributed by atoms with Crippen LogP contribution in [0.15, 0.2) is 36.4 Å². The van der Waals surface area contributed by atoms with E-state index in [1.165, 1.54) is 6.07 Å². The lowest BCUT2D eigenvalue weighted by Gasteiger charge is -2.14. The zero-order valence-electron chi connectivity index (χ0n) is 10.2. The minimum Gasteiger partial charge on any atom is -0.457 e. The first-order valence-corrected chi connectivity index (χ1v) is 6.41. The van der Waals surface area contributed by atoms with E-state index < -0.39 is 11.9 Å². The highest BCUT2D eigenvalue weighted by molar-refractivity contribution is 6.34. The molecule has 19 heavy (non-hydrogen) atoms. The average molecular weight is 300 g/mol. The maximum Gasteiger partial charge on any atom is 0.135 e. The molecule has 0 radical (unpaired) electrons. The fraction of sp³-hybridized carbons (Fsp3) is 0.143. The lowest BCUT2D eigenvalue weighted by Crippen LogP contribution is -2.09. The molecule has 0 saturated carbocycles. The fourth-order valence-electron chi connectivity index (χ4n) is 1.76. The SMILES string of the molecule is C[C@@H](N)c1c(F)cccc1Oc1cc(Cl)cc(Cl)c1. The van der Waals surface area contributed by atoms with Crippen LogP contribution >= 0.6 is 23.2 Å². The number of nitrogens with two attached hydrogens (primary N) is 1. The molecule has 0 unspecified atom stereocenters. The van der Waals surface area contributed by atoms with Gasteiger partial charge in [0.05, 0.1) is 0 Å². The van der Waals surface area contributed by atoms with Crippen LogP contribution in [-0.4, -0.2) is 0 Å². The lowest BCUT2D eigenvalue weighted by molar-refractivity contribution is 0.461. The molecule has 2 aromatic rings. The van der Waals surface area contributed by atoms with Crippen molar-refractivity contribution in [2.45, 2.75) is 13.0 Å². The van der Waals surface area contributed by atoms with Crippen LogP contribution < -0.4 is 10.5 Å². The third-order valence-corrected chi connectivity index (χ3v) is 2.97. The zero-order valence-corrected chi connectivity index (χ0v) is 11.7. The van der Waals surface area contributed by atoms with Gasteiger partial charge in [0.25, 0.3) is 0 Å². The summed E-state index contributed by atoms with van der Waals surface area (Å²) in [5.74, 6) is 0.388. The topological polar surface area (TPSA) is 35.2 Å². The number of rotatable bonds is 3. The van der Waals surface area contributed by atoms with Gasteiger partial charge in [-0.25, -0.2) is 4.39 Å². The second-order valence-electron chi connectivity index (χ2n) is 4.15. The molecule has 0 fully saturated rings. The second kappa shape index (κ2) is 5.78. The Hall–Kier alpha value is -1.29. The monoisotopic (exact) mass is 299 g/mol. The highest BCUT2D eigenvalue weighted by Gasteiger charge is 2.14. The molecule has 2 aromatic carbocycles. The molecule has 2 nitrogen and oxygen atoms in total. The van der Waals surface area contributed by atoms with Gasteiger partial charge in [-0.05, 0) is 37.3 Å². The summed E-state index contributed by atoms with van der Waals surface area (Å²) >= 11 is 11.8. The van der Waals surface area contributed by atoms with Gasteiger partial charge in [0, 0.05) is 21.7 Å². The molecule has 2 rings (SSSR count). The summed E-state index contributed by atoms with van der Waals surface area (Å²) < 4.78 is 19.4. The molecule has 0 spiro atoms. The van der Waals surface area contributed by atoms with Crippen LogP contribution in [0.3, 0.4) is 0 Å². The maximum absolute atomic E-state index is 13.8. The number of hydrogen-bond acceptors (Lipinski definition) is 2. The van der Waals surface area contributed by atoms with Crippen LogP contribution in [0.2, 0.25) is 10.0 Å². The van der Waals surface area contributed by atoms with Crippen LogP contribution in [0, 0.1) is 5.82 Å². The van der Waals surface area contributed by atoms with Crippen molar-refractivity contribution in [2.24, 2.45) is 5.73 Å². The minimum atomic E-state index is -0.481. The summed E-state index contributed by atoms with van der Waals surface area (Å²) in [5.41, 5.74) is 6.07. The number of ether oxygens (including phenoxy) is 1. The highest BCUT2D eigenvalue weighted by Crippen LogP contribution is 2.33. The van der Waals surface area contributed by atoms with Crippen molar-refractivity contribution < 1.29 is 9.13 Å². The Morgan fingerprint density at radius 3 is 2.37 bits per heavy atom. The molecular weight excluding hydrogens is 288 g/mol. The first-order chi connectivity index (χ1) is 8.97. The van der Waals surface area contributed by atoms with Crippen LogP contribution in [0.5, 0.6) is 11.5 Å². The van der Waals surface area contributed by atoms with E-state index in [-0.39, 0.29) is 0 Å². The number of benzene rings is 2. The molecule has 5 heteroatoms. The van der Waals surface area contributed by atoms with Crippen LogP contribution in [0.4, 0.5) is 4.39 Å². The third kappa shape index (κ3) is 3.38. The molecule has 0 aliphatic carbocycles. The Morgan fingerprint density at radius 1 is 1.16 bits per heavy atom. The first kappa shape index (κ1) is 14.1. The largest absolute Gasteiger partial charge is 0.457 e. The number of halogens is 3.